The van der Waals surface area contributed by atoms with Crippen LogP contribution in [0.4, 0.5) is 0 Å². The third-order valence-corrected chi connectivity index (χ3v) is 5.49. The fraction of sp³-hybridized carbons (Fsp3) is 0.500. The van der Waals surface area contributed by atoms with Crippen LogP contribution in [-0.2, 0) is 9.59 Å². The van der Waals surface area contributed by atoms with E-state index in [1.807, 2.05) is 30.3 Å². The zero-order chi connectivity index (χ0) is 18.8. The Morgan fingerprint density at radius 3 is 2.67 bits per heavy atom. The number of nitrogens with zero attached hydrogens (tertiary/aromatic N) is 2. The first kappa shape index (κ1) is 17.7. The second kappa shape index (κ2) is 7.50. The Morgan fingerprint density at radius 1 is 1.19 bits per heavy atom. The molecule has 2 fully saturated rings. The Balaban J connectivity index is 1.52. The van der Waals surface area contributed by atoms with Crippen LogP contribution in [0.15, 0.2) is 34.9 Å². The first-order chi connectivity index (χ1) is 13.1. The van der Waals surface area contributed by atoms with Gasteiger partial charge in [-0.25, -0.2) is 0 Å². The first-order valence-electron chi connectivity index (χ1n) is 9.54. The molecule has 142 valence electrons. The molecule has 7 nitrogen and oxygen atoms in total. The summed E-state index contributed by atoms with van der Waals surface area (Å²) in [5.74, 6) is 1.25. The van der Waals surface area contributed by atoms with E-state index in [-0.39, 0.29) is 29.7 Å². The molecular formula is C20H24N4O3. The maximum atomic E-state index is 12.3. The number of nitrogens with one attached hydrogen (secondary N) is 2. The Bertz CT molecular complexity index is 816. The molecule has 2 aliphatic carbocycles. The molecule has 27 heavy (non-hydrogen) atoms. The number of aromatic nitrogens is 2. The lowest BCUT2D eigenvalue weighted by Gasteiger charge is -2.17. The lowest BCUT2D eigenvalue weighted by Crippen LogP contribution is -2.37. The summed E-state index contributed by atoms with van der Waals surface area (Å²) in [6.07, 6.45) is 4.00. The van der Waals surface area contributed by atoms with Crippen LogP contribution in [-0.4, -0.2) is 35.0 Å². The van der Waals surface area contributed by atoms with Gasteiger partial charge in [-0.1, -0.05) is 35.5 Å². The Kier molecular flexibility index (Phi) is 4.92. The van der Waals surface area contributed by atoms with E-state index in [1.54, 1.807) is 7.05 Å². The van der Waals surface area contributed by atoms with E-state index < -0.39 is 0 Å². The minimum absolute atomic E-state index is 0.0123. The molecule has 4 rings (SSSR count). The van der Waals surface area contributed by atoms with Crippen molar-refractivity contribution >= 4 is 11.8 Å². The van der Waals surface area contributed by atoms with Gasteiger partial charge in [0.05, 0.1) is 5.92 Å². The number of carbonyl (C=O) groups excluding carboxylic acids is 2. The molecule has 2 N–H and O–H groups in total. The monoisotopic (exact) mass is 368 g/mol. The molecule has 1 aromatic carbocycles. The summed E-state index contributed by atoms with van der Waals surface area (Å²) in [6, 6.07) is 9.45. The molecule has 1 aromatic heterocycles. The highest BCUT2D eigenvalue weighted by atomic mass is 16.5. The third kappa shape index (κ3) is 4.02. The topological polar surface area (TPSA) is 97.1 Å². The summed E-state index contributed by atoms with van der Waals surface area (Å²) >= 11 is 0. The van der Waals surface area contributed by atoms with E-state index in [0.29, 0.717) is 36.9 Å². The standard InChI is InChI=1S/C20H24N4O3/c1-21-19(26)14-10-15(16(11-14)22-17(25)9-12-7-8-12)20-23-18(24-27-20)13-5-3-2-4-6-13/h2-6,12,14-16H,7-11H2,1H3,(H,21,26)(H,22,25)/t14-,15-,16+/m1/s1. The van der Waals surface area contributed by atoms with Gasteiger partial charge < -0.3 is 15.2 Å². The zero-order valence-corrected chi connectivity index (χ0v) is 15.4. The van der Waals surface area contributed by atoms with Gasteiger partial charge in [0.25, 0.3) is 0 Å². The van der Waals surface area contributed by atoms with Crippen molar-refractivity contribution in [2.24, 2.45) is 11.8 Å². The summed E-state index contributed by atoms with van der Waals surface area (Å²) in [5, 5.41) is 9.91. The summed E-state index contributed by atoms with van der Waals surface area (Å²) in [5.41, 5.74) is 0.877. The molecule has 2 aromatic rings. The zero-order valence-electron chi connectivity index (χ0n) is 15.4. The maximum absolute atomic E-state index is 12.3. The van der Waals surface area contributed by atoms with Crippen molar-refractivity contribution in [2.75, 3.05) is 7.05 Å². The van der Waals surface area contributed by atoms with Crippen molar-refractivity contribution < 1.29 is 14.1 Å². The number of hydrogen-bond donors (Lipinski definition) is 2. The summed E-state index contributed by atoms with van der Waals surface area (Å²) in [7, 11) is 1.64. The second-order valence-corrected chi connectivity index (χ2v) is 7.53. The van der Waals surface area contributed by atoms with Crippen LogP contribution in [0.1, 0.15) is 43.9 Å². The highest BCUT2D eigenvalue weighted by molar-refractivity contribution is 5.80. The van der Waals surface area contributed by atoms with Crippen molar-refractivity contribution in [3.63, 3.8) is 0 Å². The van der Waals surface area contributed by atoms with Gasteiger partial charge in [0.2, 0.25) is 23.5 Å². The Morgan fingerprint density at radius 2 is 1.96 bits per heavy atom. The van der Waals surface area contributed by atoms with E-state index >= 15 is 0 Å². The molecule has 0 aliphatic heterocycles. The van der Waals surface area contributed by atoms with E-state index in [0.717, 1.165) is 18.4 Å². The number of hydrogen-bond acceptors (Lipinski definition) is 5. The summed E-state index contributed by atoms with van der Waals surface area (Å²) in [4.78, 5) is 29.0. The van der Waals surface area contributed by atoms with Crippen LogP contribution < -0.4 is 10.6 Å². The third-order valence-electron chi connectivity index (χ3n) is 5.49. The molecule has 0 radical (unpaired) electrons. The molecule has 0 saturated heterocycles. The molecule has 7 heteroatoms. The number of benzene rings is 1. The van der Waals surface area contributed by atoms with Gasteiger partial charge in [-0.05, 0) is 31.6 Å². The van der Waals surface area contributed by atoms with Crippen LogP contribution in [0, 0.1) is 11.8 Å². The molecule has 2 saturated carbocycles. The Hall–Kier alpha value is -2.70. The maximum Gasteiger partial charge on any atom is 0.232 e. The minimum atomic E-state index is -0.168. The normalized spacial score (nSPS) is 24.6. The van der Waals surface area contributed by atoms with Gasteiger partial charge in [-0.15, -0.1) is 0 Å². The molecular weight excluding hydrogens is 344 g/mol. The SMILES string of the molecule is CNC(=O)[C@H]1C[C@H](NC(=O)CC2CC2)[C@H](c2nc(-c3ccccc3)no2)C1. The predicted molar refractivity (Wildman–Crippen MR) is 98.5 cm³/mol. The largest absolute Gasteiger partial charge is 0.359 e. The van der Waals surface area contributed by atoms with Gasteiger partial charge in [-0.2, -0.15) is 4.98 Å². The molecule has 3 atom stereocenters. The highest BCUT2D eigenvalue weighted by Gasteiger charge is 2.42. The van der Waals surface area contributed by atoms with Gasteiger partial charge in [-0.3, -0.25) is 9.59 Å². The van der Waals surface area contributed by atoms with E-state index in [4.69, 9.17) is 4.52 Å². The van der Waals surface area contributed by atoms with Crippen LogP contribution in [0.3, 0.4) is 0 Å². The predicted octanol–water partition coefficient (Wildman–Crippen LogP) is 2.26. The van der Waals surface area contributed by atoms with Crippen molar-refractivity contribution in [1.82, 2.24) is 20.8 Å². The van der Waals surface area contributed by atoms with Gasteiger partial charge in [0.1, 0.15) is 0 Å². The molecule has 1 heterocycles. The quantitative estimate of drug-likeness (QED) is 0.815. The molecule has 0 bridgehead atoms. The summed E-state index contributed by atoms with van der Waals surface area (Å²) < 4.78 is 5.53. The number of amides is 2. The molecule has 0 unspecified atom stereocenters. The van der Waals surface area contributed by atoms with Crippen LogP contribution in [0.25, 0.3) is 11.4 Å². The summed E-state index contributed by atoms with van der Waals surface area (Å²) in [6.45, 7) is 0. The average Bonchev–Trinajstić information content (AvgIpc) is 3.20. The smallest absolute Gasteiger partial charge is 0.232 e. The minimum Gasteiger partial charge on any atom is -0.359 e. The highest BCUT2D eigenvalue weighted by Crippen LogP contribution is 2.39. The van der Waals surface area contributed by atoms with Crippen LogP contribution in [0.5, 0.6) is 0 Å². The van der Waals surface area contributed by atoms with E-state index in [9.17, 15) is 9.59 Å². The number of carbonyl (C=O) groups is 2. The molecule has 0 spiro atoms. The second-order valence-electron chi connectivity index (χ2n) is 7.53. The van der Waals surface area contributed by atoms with Gasteiger partial charge in [0.15, 0.2) is 0 Å². The van der Waals surface area contributed by atoms with Crippen molar-refractivity contribution in [2.45, 2.75) is 44.1 Å². The lowest BCUT2D eigenvalue weighted by molar-refractivity contribution is -0.125. The van der Waals surface area contributed by atoms with Crippen molar-refractivity contribution in [3.05, 3.63) is 36.2 Å². The van der Waals surface area contributed by atoms with E-state index in [1.165, 1.54) is 0 Å². The molecule has 2 aliphatic rings. The first-order valence-corrected chi connectivity index (χ1v) is 9.54. The number of rotatable bonds is 6. The fourth-order valence-corrected chi connectivity index (χ4v) is 3.83. The van der Waals surface area contributed by atoms with Crippen LogP contribution >= 0.6 is 0 Å². The fourth-order valence-electron chi connectivity index (χ4n) is 3.83. The van der Waals surface area contributed by atoms with Crippen molar-refractivity contribution in [1.29, 1.82) is 0 Å². The molecule has 2 amide bonds. The van der Waals surface area contributed by atoms with Crippen LogP contribution in [0.2, 0.25) is 0 Å². The van der Waals surface area contributed by atoms with Gasteiger partial charge >= 0.3 is 0 Å². The Labute approximate surface area is 157 Å². The van der Waals surface area contributed by atoms with Crippen molar-refractivity contribution in [3.8, 4) is 11.4 Å². The van der Waals surface area contributed by atoms with E-state index in [2.05, 4.69) is 20.8 Å². The average molecular weight is 368 g/mol. The lowest BCUT2D eigenvalue weighted by atomic mass is 10.0. The van der Waals surface area contributed by atoms with Gasteiger partial charge in [0, 0.05) is 31.0 Å².